The highest BCUT2D eigenvalue weighted by molar-refractivity contribution is 7.92. The summed E-state index contributed by atoms with van der Waals surface area (Å²) < 4.78 is 25.4. The Morgan fingerprint density at radius 2 is 1.88 bits per heavy atom. The maximum absolute atomic E-state index is 12.2. The van der Waals surface area contributed by atoms with Gasteiger partial charge in [-0.1, -0.05) is 0 Å². The zero-order valence-electron chi connectivity index (χ0n) is 13.4. The van der Waals surface area contributed by atoms with Crippen molar-refractivity contribution >= 4 is 33.4 Å². The lowest BCUT2D eigenvalue weighted by Gasteiger charge is -2.30. The van der Waals surface area contributed by atoms with Crippen LogP contribution in [0.2, 0.25) is 0 Å². The number of anilines is 2. The average molecular weight is 355 g/mol. The van der Waals surface area contributed by atoms with Gasteiger partial charge in [0.1, 0.15) is 0 Å². The average Bonchev–Trinajstić information content (AvgIpc) is 2.56. The summed E-state index contributed by atoms with van der Waals surface area (Å²) in [5.74, 6) is -1.44. The van der Waals surface area contributed by atoms with Gasteiger partial charge in [-0.25, -0.2) is 13.2 Å². The summed E-state index contributed by atoms with van der Waals surface area (Å²) in [6.45, 7) is 2.25. The van der Waals surface area contributed by atoms with Crippen LogP contribution in [0.4, 0.5) is 16.2 Å². The Labute approximate surface area is 140 Å². The molecule has 2 rings (SSSR count). The Bertz CT molecular complexity index is 702. The SMILES string of the molecule is CCS(=O)(=O)Nc1ccc(NC(=O)N2CCCC(C(=O)O)C2)cc1. The molecule has 1 heterocycles. The molecule has 1 fully saturated rings. The van der Waals surface area contributed by atoms with Gasteiger partial charge in [0.05, 0.1) is 11.7 Å². The van der Waals surface area contributed by atoms with E-state index in [0.717, 1.165) is 0 Å². The highest BCUT2D eigenvalue weighted by atomic mass is 32.2. The van der Waals surface area contributed by atoms with E-state index in [4.69, 9.17) is 5.11 Å². The maximum Gasteiger partial charge on any atom is 0.321 e. The van der Waals surface area contributed by atoms with Gasteiger partial charge in [-0.2, -0.15) is 0 Å². The number of carboxylic acids is 1. The predicted molar refractivity (Wildman–Crippen MR) is 90.5 cm³/mol. The van der Waals surface area contributed by atoms with Crippen molar-refractivity contribution < 1.29 is 23.1 Å². The number of aliphatic carboxylic acids is 1. The fourth-order valence-electron chi connectivity index (χ4n) is 2.44. The monoisotopic (exact) mass is 355 g/mol. The van der Waals surface area contributed by atoms with Crippen molar-refractivity contribution in [1.82, 2.24) is 4.90 Å². The largest absolute Gasteiger partial charge is 0.481 e. The molecule has 24 heavy (non-hydrogen) atoms. The first-order valence-electron chi connectivity index (χ1n) is 7.70. The van der Waals surface area contributed by atoms with Crippen molar-refractivity contribution in [3.8, 4) is 0 Å². The Hall–Kier alpha value is -2.29. The van der Waals surface area contributed by atoms with Crippen molar-refractivity contribution in [3.63, 3.8) is 0 Å². The highest BCUT2D eigenvalue weighted by Gasteiger charge is 2.28. The molecule has 1 atom stereocenters. The van der Waals surface area contributed by atoms with Crippen LogP contribution >= 0.6 is 0 Å². The summed E-state index contributed by atoms with van der Waals surface area (Å²) >= 11 is 0. The van der Waals surface area contributed by atoms with Gasteiger partial charge in [-0.3, -0.25) is 9.52 Å². The molecule has 0 radical (unpaired) electrons. The van der Waals surface area contributed by atoms with Crippen LogP contribution in [0.5, 0.6) is 0 Å². The predicted octanol–water partition coefficient (Wildman–Crippen LogP) is 1.78. The number of nitrogens with zero attached hydrogens (tertiary/aromatic N) is 1. The molecule has 2 amide bonds. The lowest BCUT2D eigenvalue weighted by molar-refractivity contribution is -0.143. The zero-order valence-corrected chi connectivity index (χ0v) is 14.2. The lowest BCUT2D eigenvalue weighted by Crippen LogP contribution is -2.44. The van der Waals surface area contributed by atoms with E-state index in [1.54, 1.807) is 31.2 Å². The molecule has 132 valence electrons. The molecule has 0 saturated carbocycles. The summed E-state index contributed by atoms with van der Waals surface area (Å²) in [5, 5.41) is 11.7. The smallest absolute Gasteiger partial charge is 0.321 e. The van der Waals surface area contributed by atoms with Gasteiger partial charge in [0.25, 0.3) is 0 Å². The first kappa shape index (κ1) is 18.1. The van der Waals surface area contributed by atoms with Crippen LogP contribution in [0.3, 0.4) is 0 Å². The second kappa shape index (κ2) is 7.52. The first-order valence-corrected chi connectivity index (χ1v) is 9.35. The number of piperidine rings is 1. The number of urea groups is 1. The number of carboxylic acid groups (broad SMARTS) is 1. The summed E-state index contributed by atoms with van der Waals surface area (Å²) in [4.78, 5) is 24.7. The number of rotatable bonds is 5. The van der Waals surface area contributed by atoms with Gasteiger partial charge in [0.2, 0.25) is 10.0 Å². The molecule has 0 aliphatic carbocycles. The zero-order chi connectivity index (χ0) is 17.7. The van der Waals surface area contributed by atoms with Crippen molar-refractivity contribution in [3.05, 3.63) is 24.3 Å². The Kier molecular flexibility index (Phi) is 5.66. The minimum absolute atomic E-state index is 0.0226. The fraction of sp³-hybridized carbons (Fsp3) is 0.467. The molecule has 1 aromatic carbocycles. The van der Waals surface area contributed by atoms with Crippen molar-refractivity contribution in [2.45, 2.75) is 19.8 Å². The third kappa shape index (κ3) is 4.85. The lowest BCUT2D eigenvalue weighted by atomic mass is 9.99. The van der Waals surface area contributed by atoms with E-state index in [-0.39, 0.29) is 18.3 Å². The Balaban J connectivity index is 1.95. The normalized spacial score (nSPS) is 18.0. The third-order valence-electron chi connectivity index (χ3n) is 3.85. The van der Waals surface area contributed by atoms with E-state index < -0.39 is 21.9 Å². The van der Waals surface area contributed by atoms with Crippen LogP contribution in [0.25, 0.3) is 0 Å². The van der Waals surface area contributed by atoms with E-state index in [9.17, 15) is 18.0 Å². The van der Waals surface area contributed by atoms with E-state index in [2.05, 4.69) is 10.0 Å². The number of sulfonamides is 1. The summed E-state index contributed by atoms with van der Waals surface area (Å²) in [6, 6.07) is 5.93. The summed E-state index contributed by atoms with van der Waals surface area (Å²) in [6.07, 6.45) is 1.23. The number of carbonyl (C=O) groups is 2. The van der Waals surface area contributed by atoms with Crippen LogP contribution < -0.4 is 10.0 Å². The third-order valence-corrected chi connectivity index (χ3v) is 5.15. The van der Waals surface area contributed by atoms with Gasteiger partial charge in [-0.15, -0.1) is 0 Å². The number of amides is 2. The number of hydrogen-bond acceptors (Lipinski definition) is 4. The topological polar surface area (TPSA) is 116 Å². The van der Waals surface area contributed by atoms with E-state index >= 15 is 0 Å². The molecule has 3 N–H and O–H groups in total. The maximum atomic E-state index is 12.2. The molecule has 8 nitrogen and oxygen atoms in total. The first-order chi connectivity index (χ1) is 11.3. The second-order valence-corrected chi connectivity index (χ2v) is 7.65. The van der Waals surface area contributed by atoms with Gasteiger partial charge in [0.15, 0.2) is 0 Å². The van der Waals surface area contributed by atoms with Gasteiger partial charge in [-0.05, 0) is 44.0 Å². The molecular formula is C15H21N3O5S. The van der Waals surface area contributed by atoms with Gasteiger partial charge >= 0.3 is 12.0 Å². The fourth-order valence-corrected chi connectivity index (χ4v) is 3.08. The van der Waals surface area contributed by atoms with Crippen LogP contribution in [0, 0.1) is 5.92 Å². The molecule has 9 heteroatoms. The van der Waals surface area contributed by atoms with Crippen LogP contribution in [0.15, 0.2) is 24.3 Å². The van der Waals surface area contributed by atoms with Crippen LogP contribution in [-0.2, 0) is 14.8 Å². The number of nitrogens with one attached hydrogen (secondary N) is 2. The molecule has 0 aromatic heterocycles. The minimum Gasteiger partial charge on any atom is -0.481 e. The van der Waals surface area contributed by atoms with Crippen LogP contribution in [-0.4, -0.2) is 49.3 Å². The van der Waals surface area contributed by atoms with E-state index in [1.807, 2.05) is 0 Å². The van der Waals surface area contributed by atoms with Crippen LogP contribution in [0.1, 0.15) is 19.8 Å². The Morgan fingerprint density at radius 1 is 1.25 bits per heavy atom. The van der Waals surface area contributed by atoms with E-state index in [1.165, 1.54) is 4.90 Å². The molecule has 1 aliphatic heterocycles. The minimum atomic E-state index is -3.34. The van der Waals surface area contributed by atoms with E-state index in [0.29, 0.717) is 30.8 Å². The molecule has 1 saturated heterocycles. The summed E-state index contributed by atoms with van der Waals surface area (Å²) in [5.41, 5.74) is 0.927. The van der Waals surface area contributed by atoms with Gasteiger partial charge in [0, 0.05) is 24.5 Å². The Morgan fingerprint density at radius 3 is 2.46 bits per heavy atom. The quantitative estimate of drug-likeness (QED) is 0.744. The molecule has 1 aromatic rings. The van der Waals surface area contributed by atoms with Gasteiger partial charge < -0.3 is 15.3 Å². The second-order valence-electron chi connectivity index (χ2n) is 5.64. The molecule has 0 bridgehead atoms. The number of benzene rings is 1. The number of carbonyl (C=O) groups excluding carboxylic acids is 1. The molecule has 0 spiro atoms. The summed E-state index contributed by atoms with van der Waals surface area (Å²) in [7, 11) is -3.34. The van der Waals surface area contributed by atoms with Crippen molar-refractivity contribution in [2.75, 3.05) is 28.9 Å². The molecule has 1 aliphatic rings. The number of hydrogen-bond donors (Lipinski definition) is 3. The van der Waals surface area contributed by atoms with Crippen molar-refractivity contribution in [1.29, 1.82) is 0 Å². The highest BCUT2D eigenvalue weighted by Crippen LogP contribution is 2.19. The standard InChI is InChI=1S/C15H21N3O5S/c1-2-24(22,23)17-13-7-5-12(6-8-13)16-15(21)18-9-3-4-11(10-18)14(19)20/h5-8,11,17H,2-4,9-10H2,1H3,(H,16,21)(H,19,20). The number of likely N-dealkylation sites (tertiary alicyclic amines) is 1. The van der Waals surface area contributed by atoms with Crippen molar-refractivity contribution in [2.24, 2.45) is 5.92 Å². The molecule has 1 unspecified atom stereocenters. The molecular weight excluding hydrogens is 334 g/mol.